The molecule has 0 radical (unpaired) electrons. The number of nitrogens with one attached hydrogen (secondary N) is 1. The van der Waals surface area contributed by atoms with Crippen LogP contribution in [0.1, 0.15) is 40.4 Å². The van der Waals surface area contributed by atoms with E-state index in [2.05, 4.69) is 29.2 Å². The third-order valence-corrected chi connectivity index (χ3v) is 7.53. The highest BCUT2D eigenvalue weighted by Crippen LogP contribution is 2.38. The van der Waals surface area contributed by atoms with Gasteiger partial charge in [-0.3, -0.25) is 14.5 Å². The molecule has 2 aromatic rings. The zero-order valence-corrected chi connectivity index (χ0v) is 20.4. The van der Waals surface area contributed by atoms with Crippen LogP contribution < -0.4 is 5.32 Å². The molecule has 0 bridgehead atoms. The van der Waals surface area contributed by atoms with E-state index >= 15 is 0 Å². The van der Waals surface area contributed by atoms with Gasteiger partial charge in [0.15, 0.2) is 0 Å². The summed E-state index contributed by atoms with van der Waals surface area (Å²) in [5.41, 5.74) is 2.00. The molecule has 0 saturated carbocycles. The van der Waals surface area contributed by atoms with Crippen molar-refractivity contribution in [3.8, 4) is 0 Å². The fourth-order valence-electron chi connectivity index (χ4n) is 5.34. The SMILES string of the molecule is CNC(=O)c1cccc(C2CN(C(=O)C3(Cc4cccc(F)c4)CCN(C)CC3)CCN2C)c1. The number of likely N-dealkylation sites (N-methyl/N-ethyl adjacent to an activating group) is 1. The molecule has 1 N–H and O–H groups in total. The second kappa shape index (κ2) is 10.2. The smallest absolute Gasteiger partial charge is 0.251 e. The number of hydrogen-bond donors (Lipinski definition) is 1. The number of nitrogens with zero attached hydrogens (tertiary/aromatic N) is 3. The van der Waals surface area contributed by atoms with Gasteiger partial charge in [-0.2, -0.15) is 0 Å². The number of piperidine rings is 1. The normalized spacial score (nSPS) is 21.3. The van der Waals surface area contributed by atoms with Crippen LogP contribution in [-0.2, 0) is 11.2 Å². The molecule has 0 aliphatic carbocycles. The van der Waals surface area contributed by atoms with Gasteiger partial charge >= 0.3 is 0 Å². The van der Waals surface area contributed by atoms with E-state index in [0.29, 0.717) is 25.1 Å². The minimum absolute atomic E-state index is 0.0137. The number of halogens is 1. The molecule has 2 aliphatic rings. The number of amides is 2. The van der Waals surface area contributed by atoms with Gasteiger partial charge in [0, 0.05) is 32.2 Å². The topological polar surface area (TPSA) is 55.9 Å². The van der Waals surface area contributed by atoms with Gasteiger partial charge in [0.2, 0.25) is 5.91 Å². The molecular formula is C27H35FN4O2. The second-order valence-corrected chi connectivity index (χ2v) is 9.84. The summed E-state index contributed by atoms with van der Waals surface area (Å²) in [6, 6.07) is 14.3. The molecule has 2 amide bonds. The van der Waals surface area contributed by atoms with Crippen molar-refractivity contribution in [2.75, 3.05) is 53.9 Å². The molecule has 2 saturated heterocycles. The quantitative estimate of drug-likeness (QED) is 0.736. The van der Waals surface area contributed by atoms with Gasteiger partial charge in [-0.1, -0.05) is 24.3 Å². The number of likely N-dealkylation sites (tertiary alicyclic amines) is 1. The fourth-order valence-corrected chi connectivity index (χ4v) is 5.34. The number of hydrogen-bond acceptors (Lipinski definition) is 4. The van der Waals surface area contributed by atoms with Crippen LogP contribution in [0.15, 0.2) is 48.5 Å². The summed E-state index contributed by atoms with van der Waals surface area (Å²) in [4.78, 5) is 32.8. The maximum atomic E-state index is 14.1. The average Bonchev–Trinajstić information content (AvgIpc) is 2.85. The van der Waals surface area contributed by atoms with Crippen LogP contribution in [0.25, 0.3) is 0 Å². The molecule has 34 heavy (non-hydrogen) atoms. The first-order chi connectivity index (χ1) is 16.3. The molecule has 7 heteroatoms. The predicted octanol–water partition coefficient (Wildman–Crippen LogP) is 2.96. The second-order valence-electron chi connectivity index (χ2n) is 9.84. The third-order valence-electron chi connectivity index (χ3n) is 7.53. The van der Waals surface area contributed by atoms with E-state index < -0.39 is 5.41 Å². The zero-order valence-electron chi connectivity index (χ0n) is 20.4. The lowest BCUT2D eigenvalue weighted by Gasteiger charge is -2.46. The molecule has 1 atom stereocenters. The van der Waals surface area contributed by atoms with Crippen LogP contribution in [-0.4, -0.2) is 80.4 Å². The van der Waals surface area contributed by atoms with Gasteiger partial charge < -0.3 is 15.1 Å². The van der Waals surface area contributed by atoms with Crippen molar-refractivity contribution in [3.05, 3.63) is 71.0 Å². The first-order valence-electron chi connectivity index (χ1n) is 12.1. The van der Waals surface area contributed by atoms with Crippen LogP contribution in [0.3, 0.4) is 0 Å². The zero-order chi connectivity index (χ0) is 24.3. The van der Waals surface area contributed by atoms with E-state index in [1.54, 1.807) is 25.2 Å². The van der Waals surface area contributed by atoms with Crippen molar-refractivity contribution in [2.24, 2.45) is 5.41 Å². The summed E-state index contributed by atoms with van der Waals surface area (Å²) in [6.07, 6.45) is 2.09. The summed E-state index contributed by atoms with van der Waals surface area (Å²) >= 11 is 0. The average molecular weight is 467 g/mol. The van der Waals surface area contributed by atoms with Gasteiger partial charge in [-0.15, -0.1) is 0 Å². The van der Waals surface area contributed by atoms with Gasteiger partial charge in [0.25, 0.3) is 5.91 Å². The highest BCUT2D eigenvalue weighted by Gasteiger charge is 2.44. The number of rotatable bonds is 5. The van der Waals surface area contributed by atoms with Gasteiger partial charge in [0.1, 0.15) is 5.82 Å². The minimum atomic E-state index is -0.523. The molecule has 4 rings (SSSR count). The Morgan fingerprint density at radius 2 is 1.76 bits per heavy atom. The van der Waals surface area contributed by atoms with Crippen molar-refractivity contribution < 1.29 is 14.0 Å². The van der Waals surface area contributed by atoms with Crippen LogP contribution in [0.2, 0.25) is 0 Å². The lowest BCUT2D eigenvalue weighted by molar-refractivity contribution is -0.148. The van der Waals surface area contributed by atoms with Gasteiger partial charge in [-0.25, -0.2) is 4.39 Å². The van der Waals surface area contributed by atoms with E-state index in [1.165, 1.54) is 6.07 Å². The Balaban J connectivity index is 1.58. The van der Waals surface area contributed by atoms with Crippen molar-refractivity contribution in [3.63, 3.8) is 0 Å². The Bertz CT molecular complexity index is 1030. The van der Waals surface area contributed by atoms with Crippen molar-refractivity contribution >= 4 is 11.8 Å². The Morgan fingerprint density at radius 1 is 1.03 bits per heavy atom. The van der Waals surface area contributed by atoms with Crippen LogP contribution >= 0.6 is 0 Å². The molecule has 182 valence electrons. The summed E-state index contributed by atoms with van der Waals surface area (Å²) in [7, 11) is 5.78. The fraction of sp³-hybridized carbons (Fsp3) is 0.481. The maximum Gasteiger partial charge on any atom is 0.251 e. The minimum Gasteiger partial charge on any atom is -0.355 e. The summed E-state index contributed by atoms with van der Waals surface area (Å²) in [5, 5.41) is 2.68. The number of piperazine rings is 1. The summed E-state index contributed by atoms with van der Waals surface area (Å²) in [6.45, 7) is 3.71. The molecule has 1 unspecified atom stereocenters. The molecule has 0 spiro atoms. The molecule has 0 aromatic heterocycles. The standard InChI is InChI=1S/C27H35FN4O2/c1-29-25(33)22-8-5-7-21(17-22)24-19-32(15-14-31(24)3)26(34)27(10-12-30(2)13-11-27)18-20-6-4-9-23(28)16-20/h4-9,16-17,24H,10-15,18-19H2,1-3H3,(H,29,33). The Hall–Kier alpha value is -2.77. The van der Waals surface area contributed by atoms with Crippen LogP contribution in [0.5, 0.6) is 0 Å². The van der Waals surface area contributed by atoms with E-state index in [0.717, 1.165) is 43.6 Å². The van der Waals surface area contributed by atoms with Crippen molar-refractivity contribution in [1.82, 2.24) is 20.0 Å². The molecule has 6 nitrogen and oxygen atoms in total. The first-order valence-corrected chi connectivity index (χ1v) is 12.1. The van der Waals surface area contributed by atoms with Gasteiger partial charge in [0.05, 0.1) is 11.5 Å². The molecule has 2 fully saturated rings. The lowest BCUT2D eigenvalue weighted by atomic mass is 9.72. The highest BCUT2D eigenvalue weighted by molar-refractivity contribution is 5.94. The van der Waals surface area contributed by atoms with E-state index in [1.807, 2.05) is 29.2 Å². The molecule has 2 aliphatic heterocycles. The Labute approximate surface area is 201 Å². The third kappa shape index (κ3) is 5.15. The first kappa shape index (κ1) is 24.4. The van der Waals surface area contributed by atoms with E-state index in [9.17, 15) is 14.0 Å². The summed E-state index contributed by atoms with van der Waals surface area (Å²) < 4.78 is 13.9. The lowest BCUT2D eigenvalue weighted by Crippen LogP contribution is -2.56. The van der Waals surface area contributed by atoms with Crippen molar-refractivity contribution in [2.45, 2.75) is 25.3 Å². The Morgan fingerprint density at radius 3 is 2.47 bits per heavy atom. The number of carbonyl (C=O) groups is 2. The molecular weight excluding hydrogens is 431 g/mol. The van der Waals surface area contributed by atoms with Crippen LogP contribution in [0.4, 0.5) is 4.39 Å². The highest BCUT2D eigenvalue weighted by atomic mass is 19.1. The molecule has 2 aromatic carbocycles. The predicted molar refractivity (Wildman–Crippen MR) is 131 cm³/mol. The Kier molecular flexibility index (Phi) is 7.33. The van der Waals surface area contributed by atoms with Crippen LogP contribution in [0, 0.1) is 11.2 Å². The largest absolute Gasteiger partial charge is 0.355 e. The van der Waals surface area contributed by atoms with Gasteiger partial charge in [-0.05, 0) is 81.8 Å². The van der Waals surface area contributed by atoms with Crippen molar-refractivity contribution in [1.29, 1.82) is 0 Å². The maximum absolute atomic E-state index is 14.1. The molecule has 2 heterocycles. The number of benzene rings is 2. The monoisotopic (exact) mass is 466 g/mol. The number of carbonyl (C=O) groups excluding carboxylic acids is 2. The van der Waals surface area contributed by atoms with E-state index in [4.69, 9.17) is 0 Å². The van der Waals surface area contributed by atoms with E-state index in [-0.39, 0.29) is 23.7 Å². The summed E-state index contributed by atoms with van der Waals surface area (Å²) in [5.74, 6) is -0.206.